The molecule has 3 aromatic rings. The highest BCUT2D eigenvalue weighted by atomic mass is 35.5. The zero-order valence-electron chi connectivity index (χ0n) is 20.6. The van der Waals surface area contributed by atoms with Gasteiger partial charge >= 0.3 is 11.9 Å². The van der Waals surface area contributed by atoms with E-state index in [0.29, 0.717) is 18.0 Å². The topological polar surface area (TPSA) is 88.8 Å². The summed E-state index contributed by atoms with van der Waals surface area (Å²) in [6.07, 6.45) is 3.63. The fourth-order valence-corrected chi connectivity index (χ4v) is 5.72. The number of halogens is 1. The Morgan fingerprint density at radius 3 is 2.49 bits per heavy atom. The molecule has 0 saturated carbocycles. The SMILES string of the molecule is CCC1CN(c2ccc(-c3nnc(N)o3)[nH+]c2C)CCN1C1CCN(Cc2ccc(Cl)cc2)CC1. The predicted molar refractivity (Wildman–Crippen MR) is 138 cm³/mol. The van der Waals surface area contributed by atoms with Gasteiger partial charge in [-0.3, -0.25) is 9.80 Å². The molecule has 0 bridgehead atoms. The summed E-state index contributed by atoms with van der Waals surface area (Å²) in [4.78, 5) is 11.3. The third kappa shape index (κ3) is 5.44. The van der Waals surface area contributed by atoms with Gasteiger partial charge in [0.25, 0.3) is 5.69 Å². The van der Waals surface area contributed by atoms with Crippen molar-refractivity contribution < 1.29 is 9.40 Å². The number of piperazine rings is 1. The third-order valence-electron chi connectivity index (χ3n) is 7.47. The van der Waals surface area contributed by atoms with Crippen molar-refractivity contribution >= 4 is 23.3 Å². The summed E-state index contributed by atoms with van der Waals surface area (Å²) in [5.74, 6) is 0.413. The Morgan fingerprint density at radius 1 is 1.06 bits per heavy atom. The molecule has 1 unspecified atom stereocenters. The van der Waals surface area contributed by atoms with Gasteiger partial charge in [0.15, 0.2) is 0 Å². The number of hydrogen-bond donors (Lipinski definition) is 1. The Hall–Kier alpha value is -2.68. The molecule has 2 aliphatic rings. The van der Waals surface area contributed by atoms with Crippen molar-refractivity contribution in [3.8, 4) is 11.6 Å². The van der Waals surface area contributed by atoms with Crippen LogP contribution >= 0.6 is 11.6 Å². The maximum atomic E-state index is 6.04. The monoisotopic (exact) mass is 496 g/mol. The van der Waals surface area contributed by atoms with E-state index in [1.165, 1.54) is 24.1 Å². The number of nitrogens with zero attached hydrogens (tertiary/aromatic N) is 5. The van der Waals surface area contributed by atoms with Crippen molar-refractivity contribution in [3.05, 3.63) is 52.7 Å². The number of anilines is 2. The van der Waals surface area contributed by atoms with Crippen LogP contribution in [0.3, 0.4) is 0 Å². The zero-order valence-corrected chi connectivity index (χ0v) is 21.3. The summed E-state index contributed by atoms with van der Waals surface area (Å²) in [5.41, 5.74) is 10.0. The number of benzene rings is 1. The second kappa shape index (κ2) is 10.5. The van der Waals surface area contributed by atoms with Crippen molar-refractivity contribution in [3.63, 3.8) is 0 Å². The van der Waals surface area contributed by atoms with Gasteiger partial charge in [0.05, 0.1) is 0 Å². The molecule has 8 nitrogen and oxygen atoms in total. The Morgan fingerprint density at radius 2 is 1.83 bits per heavy atom. The Labute approximate surface area is 212 Å². The number of pyridine rings is 1. The molecule has 0 aliphatic carbocycles. The van der Waals surface area contributed by atoms with Crippen LogP contribution < -0.4 is 15.6 Å². The van der Waals surface area contributed by atoms with Crippen molar-refractivity contribution in [2.75, 3.05) is 43.4 Å². The van der Waals surface area contributed by atoms with E-state index >= 15 is 0 Å². The molecular formula is C26H35ClN7O+. The van der Waals surface area contributed by atoms with Gasteiger partial charge in [-0.05, 0) is 56.1 Å². The molecule has 0 spiro atoms. The predicted octanol–water partition coefficient (Wildman–Crippen LogP) is 3.66. The average Bonchev–Trinajstić information content (AvgIpc) is 3.32. The van der Waals surface area contributed by atoms with Gasteiger partial charge in [0, 0.05) is 56.3 Å². The van der Waals surface area contributed by atoms with Crippen molar-refractivity contribution in [1.82, 2.24) is 20.0 Å². The number of H-pyrrole nitrogens is 1. The van der Waals surface area contributed by atoms with E-state index in [4.69, 9.17) is 21.8 Å². The first-order chi connectivity index (χ1) is 17.0. The average molecular weight is 497 g/mol. The van der Waals surface area contributed by atoms with Gasteiger partial charge in [-0.25, -0.2) is 4.98 Å². The van der Waals surface area contributed by atoms with E-state index < -0.39 is 0 Å². The molecule has 3 N–H and O–H groups in total. The van der Waals surface area contributed by atoms with E-state index in [-0.39, 0.29) is 6.01 Å². The van der Waals surface area contributed by atoms with Crippen LogP contribution in [-0.2, 0) is 6.54 Å². The van der Waals surface area contributed by atoms with Gasteiger partial charge in [-0.1, -0.05) is 40.9 Å². The lowest BCUT2D eigenvalue weighted by molar-refractivity contribution is -0.374. The highest BCUT2D eigenvalue weighted by Crippen LogP contribution is 2.28. The Bertz CT molecular complexity index is 1130. The molecule has 2 fully saturated rings. The lowest BCUT2D eigenvalue weighted by atomic mass is 9.97. The molecule has 2 aliphatic heterocycles. The molecule has 186 valence electrons. The Kier molecular flexibility index (Phi) is 7.22. The summed E-state index contributed by atoms with van der Waals surface area (Å²) < 4.78 is 5.37. The minimum absolute atomic E-state index is 0.0767. The van der Waals surface area contributed by atoms with Gasteiger partial charge in [0.2, 0.25) is 5.69 Å². The van der Waals surface area contributed by atoms with Gasteiger partial charge in [-0.15, -0.1) is 0 Å². The molecule has 35 heavy (non-hydrogen) atoms. The van der Waals surface area contributed by atoms with Gasteiger partial charge in [0.1, 0.15) is 5.69 Å². The lowest BCUT2D eigenvalue weighted by Crippen LogP contribution is -2.58. The first-order valence-electron chi connectivity index (χ1n) is 12.6. The van der Waals surface area contributed by atoms with E-state index in [1.54, 1.807) is 0 Å². The molecule has 1 atom stereocenters. The van der Waals surface area contributed by atoms with Crippen LogP contribution in [0.15, 0.2) is 40.8 Å². The summed E-state index contributed by atoms with van der Waals surface area (Å²) >= 11 is 6.04. The number of nitrogens with two attached hydrogens (primary N) is 1. The minimum atomic E-state index is 0.0767. The first kappa shape index (κ1) is 24.0. The highest BCUT2D eigenvalue weighted by molar-refractivity contribution is 6.30. The molecule has 2 aromatic heterocycles. The maximum Gasteiger partial charge on any atom is 0.314 e. The van der Waals surface area contributed by atoms with Gasteiger partial charge in [-0.2, -0.15) is 0 Å². The summed E-state index contributed by atoms with van der Waals surface area (Å²) in [6, 6.07) is 13.7. The number of aromatic amines is 1. The van der Waals surface area contributed by atoms with Crippen LogP contribution in [0.5, 0.6) is 0 Å². The van der Waals surface area contributed by atoms with E-state index in [1.807, 2.05) is 18.2 Å². The fourth-order valence-electron chi connectivity index (χ4n) is 5.60. The molecule has 0 radical (unpaired) electrons. The molecule has 0 amide bonds. The first-order valence-corrected chi connectivity index (χ1v) is 13.0. The smallest absolute Gasteiger partial charge is 0.314 e. The van der Waals surface area contributed by atoms with Crippen LogP contribution in [0, 0.1) is 6.92 Å². The molecule has 2 saturated heterocycles. The highest BCUT2D eigenvalue weighted by Gasteiger charge is 2.34. The van der Waals surface area contributed by atoms with Crippen LogP contribution in [-0.4, -0.2) is 64.8 Å². The van der Waals surface area contributed by atoms with Crippen LogP contribution in [0.2, 0.25) is 5.02 Å². The summed E-state index contributed by atoms with van der Waals surface area (Å²) in [7, 11) is 0. The number of hydrogen-bond acceptors (Lipinski definition) is 7. The molecule has 4 heterocycles. The standard InChI is InChI=1S/C26H34ClN7O/c1-3-21-17-33(24-9-8-23(29-18(24)2)25-30-31-26(28)35-25)14-15-34(21)22-10-12-32(13-11-22)16-19-4-6-20(27)7-5-19/h4-9,21-22H,3,10-17H2,1-2H3,(H2,28,31)/p+1. The quantitative estimate of drug-likeness (QED) is 0.557. The number of aryl methyl sites for hydroxylation is 1. The van der Waals surface area contributed by atoms with Crippen molar-refractivity contribution in [2.24, 2.45) is 0 Å². The molecular weight excluding hydrogens is 462 g/mol. The van der Waals surface area contributed by atoms with Crippen LogP contribution in [0.25, 0.3) is 11.6 Å². The number of nitrogen functional groups attached to an aromatic ring is 1. The summed E-state index contributed by atoms with van der Waals surface area (Å²) in [5, 5.41) is 8.54. The fraction of sp³-hybridized carbons (Fsp3) is 0.500. The number of rotatable bonds is 6. The lowest BCUT2D eigenvalue weighted by Gasteiger charge is -2.48. The number of aromatic nitrogens is 3. The number of piperidine rings is 1. The number of likely N-dealkylation sites (tertiary alicyclic amines) is 1. The minimum Gasteiger partial charge on any atom is -0.398 e. The Balaban J connectivity index is 1.18. The van der Waals surface area contributed by atoms with Crippen molar-refractivity contribution in [1.29, 1.82) is 0 Å². The van der Waals surface area contributed by atoms with E-state index in [2.05, 4.69) is 61.9 Å². The maximum absolute atomic E-state index is 6.04. The van der Waals surface area contributed by atoms with E-state index in [9.17, 15) is 0 Å². The molecule has 9 heteroatoms. The normalized spacial score (nSPS) is 20.4. The molecule has 5 rings (SSSR count). The number of nitrogens with one attached hydrogen (secondary N) is 1. The van der Waals surface area contributed by atoms with Crippen LogP contribution in [0.4, 0.5) is 11.7 Å². The second-order valence-corrected chi connectivity index (χ2v) is 10.1. The summed E-state index contributed by atoms with van der Waals surface area (Å²) in [6.45, 7) is 10.9. The van der Waals surface area contributed by atoms with Crippen LogP contribution in [0.1, 0.15) is 37.4 Å². The van der Waals surface area contributed by atoms with E-state index in [0.717, 1.165) is 62.1 Å². The molecule has 1 aromatic carbocycles. The third-order valence-corrected chi connectivity index (χ3v) is 7.72. The zero-order chi connectivity index (χ0) is 24.4. The van der Waals surface area contributed by atoms with Gasteiger partial charge < -0.3 is 15.1 Å². The van der Waals surface area contributed by atoms with Crippen molar-refractivity contribution in [2.45, 2.75) is 51.7 Å². The largest absolute Gasteiger partial charge is 0.398 e. The second-order valence-electron chi connectivity index (χ2n) is 9.71.